The zero-order valence-electron chi connectivity index (χ0n) is 12.3. The molecule has 19 heavy (non-hydrogen) atoms. The second-order valence-corrected chi connectivity index (χ2v) is 5.90. The Balaban J connectivity index is 1.93. The van der Waals surface area contributed by atoms with Gasteiger partial charge < -0.3 is 14.6 Å². The summed E-state index contributed by atoms with van der Waals surface area (Å²) >= 11 is 0. The lowest BCUT2D eigenvalue weighted by Gasteiger charge is -2.30. The highest BCUT2D eigenvalue weighted by Gasteiger charge is 2.25. The summed E-state index contributed by atoms with van der Waals surface area (Å²) in [5.74, 6) is 1.27. The first-order chi connectivity index (χ1) is 8.98. The summed E-state index contributed by atoms with van der Waals surface area (Å²) in [6.45, 7) is 12.6. The Labute approximate surface area is 114 Å². The van der Waals surface area contributed by atoms with Crippen molar-refractivity contribution >= 4 is 0 Å². The van der Waals surface area contributed by atoms with Crippen molar-refractivity contribution in [2.24, 2.45) is 0 Å². The minimum atomic E-state index is -0.0687. The second kappa shape index (κ2) is 5.98. The molecule has 2 rings (SSSR count). The largest absolute Gasteiger partial charge is 0.367 e. The van der Waals surface area contributed by atoms with Crippen LogP contribution in [0.3, 0.4) is 0 Å². The van der Waals surface area contributed by atoms with Crippen LogP contribution < -0.4 is 5.32 Å². The van der Waals surface area contributed by atoms with E-state index in [9.17, 15) is 0 Å². The maximum Gasteiger partial charge on any atom is 0.240 e. The van der Waals surface area contributed by atoms with Gasteiger partial charge in [0.05, 0.1) is 13.2 Å². The Kier molecular flexibility index (Phi) is 4.54. The maximum absolute atomic E-state index is 5.71. The molecule has 0 bridgehead atoms. The molecule has 0 spiro atoms. The summed E-state index contributed by atoms with van der Waals surface area (Å²) in [6, 6.07) is 0. The van der Waals surface area contributed by atoms with Gasteiger partial charge in [-0.1, -0.05) is 12.1 Å². The predicted octanol–water partition coefficient (Wildman–Crippen LogP) is 1.35. The number of likely N-dealkylation sites (N-methyl/N-ethyl adjacent to an activating group) is 1. The van der Waals surface area contributed by atoms with Crippen LogP contribution in [0.1, 0.15) is 45.5 Å². The van der Waals surface area contributed by atoms with E-state index in [1.54, 1.807) is 0 Å². The van der Waals surface area contributed by atoms with Gasteiger partial charge >= 0.3 is 0 Å². The quantitative estimate of drug-likeness (QED) is 0.889. The molecular formula is C13H24N4O2. The van der Waals surface area contributed by atoms with Crippen molar-refractivity contribution in [2.75, 3.05) is 26.2 Å². The number of hydrogen-bond acceptors (Lipinski definition) is 6. The first-order valence-electron chi connectivity index (χ1n) is 6.89. The minimum absolute atomic E-state index is 0.0367. The molecule has 1 aliphatic heterocycles. The molecule has 0 saturated carbocycles. The molecular weight excluding hydrogens is 244 g/mol. The Hall–Kier alpha value is -0.980. The molecule has 1 aliphatic rings. The summed E-state index contributed by atoms with van der Waals surface area (Å²) < 4.78 is 11.0. The van der Waals surface area contributed by atoms with Gasteiger partial charge in [-0.15, -0.1) is 0 Å². The third-order valence-corrected chi connectivity index (χ3v) is 3.14. The highest BCUT2D eigenvalue weighted by atomic mass is 16.5. The van der Waals surface area contributed by atoms with Gasteiger partial charge in [0.1, 0.15) is 6.10 Å². The van der Waals surface area contributed by atoms with E-state index in [4.69, 9.17) is 9.26 Å². The Morgan fingerprint density at radius 3 is 2.89 bits per heavy atom. The maximum atomic E-state index is 5.71. The fourth-order valence-electron chi connectivity index (χ4n) is 1.96. The Bertz CT molecular complexity index is 400. The number of morpholine rings is 1. The standard InChI is InChI=1S/C13H24N4O2/c1-5-17-6-7-18-10(9-17)12-15-11(19-16-12)8-14-13(2,3)4/h10,14H,5-9H2,1-4H3. The van der Waals surface area contributed by atoms with Crippen LogP contribution in [0.2, 0.25) is 0 Å². The highest BCUT2D eigenvalue weighted by molar-refractivity contribution is 4.94. The van der Waals surface area contributed by atoms with Crippen molar-refractivity contribution < 1.29 is 9.26 Å². The van der Waals surface area contributed by atoms with Gasteiger partial charge in [-0.2, -0.15) is 4.98 Å². The van der Waals surface area contributed by atoms with Crippen molar-refractivity contribution in [3.63, 3.8) is 0 Å². The van der Waals surface area contributed by atoms with Gasteiger partial charge in [-0.05, 0) is 27.3 Å². The zero-order valence-corrected chi connectivity index (χ0v) is 12.3. The van der Waals surface area contributed by atoms with E-state index in [0.29, 0.717) is 18.3 Å². The zero-order chi connectivity index (χ0) is 13.9. The normalized spacial score (nSPS) is 21.8. The minimum Gasteiger partial charge on any atom is -0.367 e. The molecule has 1 saturated heterocycles. The molecule has 0 radical (unpaired) electrons. The lowest BCUT2D eigenvalue weighted by atomic mass is 10.1. The molecule has 1 fully saturated rings. The van der Waals surface area contributed by atoms with Gasteiger partial charge in [0.2, 0.25) is 11.7 Å². The molecule has 2 heterocycles. The average Bonchev–Trinajstić information content (AvgIpc) is 2.84. The molecule has 0 amide bonds. The lowest BCUT2D eigenvalue weighted by Crippen LogP contribution is -2.38. The Morgan fingerprint density at radius 1 is 1.42 bits per heavy atom. The summed E-state index contributed by atoms with van der Waals surface area (Å²) in [4.78, 5) is 6.74. The monoisotopic (exact) mass is 268 g/mol. The number of ether oxygens (including phenoxy) is 1. The number of nitrogens with one attached hydrogen (secondary N) is 1. The van der Waals surface area contributed by atoms with E-state index in [1.165, 1.54) is 0 Å². The number of rotatable bonds is 4. The van der Waals surface area contributed by atoms with Gasteiger partial charge in [0, 0.05) is 18.6 Å². The van der Waals surface area contributed by atoms with Crippen LogP contribution in [0.15, 0.2) is 4.52 Å². The molecule has 0 aliphatic carbocycles. The summed E-state index contributed by atoms with van der Waals surface area (Å²) in [5, 5.41) is 7.36. The smallest absolute Gasteiger partial charge is 0.240 e. The third-order valence-electron chi connectivity index (χ3n) is 3.14. The van der Waals surface area contributed by atoms with E-state index < -0.39 is 0 Å². The van der Waals surface area contributed by atoms with Crippen LogP contribution in [0.4, 0.5) is 0 Å². The van der Waals surface area contributed by atoms with E-state index >= 15 is 0 Å². The summed E-state index contributed by atoms with van der Waals surface area (Å²) in [6.07, 6.45) is -0.0687. The van der Waals surface area contributed by atoms with Crippen LogP contribution in [-0.2, 0) is 11.3 Å². The number of aromatic nitrogens is 2. The SMILES string of the molecule is CCN1CCOC(c2noc(CNC(C)(C)C)n2)C1. The highest BCUT2D eigenvalue weighted by Crippen LogP contribution is 2.19. The fourth-order valence-corrected chi connectivity index (χ4v) is 1.96. The molecule has 1 unspecified atom stereocenters. The van der Waals surface area contributed by atoms with Gasteiger partial charge in [-0.3, -0.25) is 4.90 Å². The first-order valence-corrected chi connectivity index (χ1v) is 6.89. The Morgan fingerprint density at radius 2 is 2.21 bits per heavy atom. The number of hydrogen-bond donors (Lipinski definition) is 1. The predicted molar refractivity (Wildman–Crippen MR) is 71.7 cm³/mol. The molecule has 1 atom stereocenters. The van der Waals surface area contributed by atoms with E-state index in [2.05, 4.69) is 48.1 Å². The lowest BCUT2D eigenvalue weighted by molar-refractivity contribution is -0.0334. The third kappa shape index (κ3) is 4.26. The van der Waals surface area contributed by atoms with Crippen LogP contribution >= 0.6 is 0 Å². The first kappa shape index (κ1) is 14.4. The van der Waals surface area contributed by atoms with E-state index in [1.807, 2.05) is 0 Å². The molecule has 1 N–H and O–H groups in total. The summed E-state index contributed by atoms with van der Waals surface area (Å²) in [5.41, 5.74) is 0.0367. The second-order valence-electron chi connectivity index (χ2n) is 5.90. The summed E-state index contributed by atoms with van der Waals surface area (Å²) in [7, 11) is 0. The molecule has 108 valence electrons. The van der Waals surface area contributed by atoms with Crippen LogP contribution in [-0.4, -0.2) is 46.8 Å². The van der Waals surface area contributed by atoms with Crippen molar-refractivity contribution in [2.45, 2.75) is 45.9 Å². The van der Waals surface area contributed by atoms with Crippen LogP contribution in [0, 0.1) is 0 Å². The molecule has 0 aromatic carbocycles. The van der Waals surface area contributed by atoms with Crippen LogP contribution in [0.25, 0.3) is 0 Å². The van der Waals surface area contributed by atoms with E-state index in [-0.39, 0.29) is 11.6 Å². The van der Waals surface area contributed by atoms with Gasteiger partial charge in [-0.25, -0.2) is 0 Å². The molecule has 1 aromatic rings. The van der Waals surface area contributed by atoms with Gasteiger partial charge in [0.15, 0.2) is 0 Å². The van der Waals surface area contributed by atoms with Crippen molar-refractivity contribution in [3.05, 3.63) is 11.7 Å². The van der Waals surface area contributed by atoms with E-state index in [0.717, 1.165) is 26.2 Å². The van der Waals surface area contributed by atoms with Crippen molar-refractivity contribution in [3.8, 4) is 0 Å². The van der Waals surface area contributed by atoms with Crippen LogP contribution in [0.5, 0.6) is 0 Å². The van der Waals surface area contributed by atoms with Gasteiger partial charge in [0.25, 0.3) is 0 Å². The average molecular weight is 268 g/mol. The van der Waals surface area contributed by atoms with Crippen molar-refractivity contribution in [1.82, 2.24) is 20.4 Å². The topological polar surface area (TPSA) is 63.4 Å². The number of nitrogens with zero attached hydrogens (tertiary/aromatic N) is 3. The molecule has 6 heteroatoms. The fraction of sp³-hybridized carbons (Fsp3) is 0.846. The molecule has 6 nitrogen and oxygen atoms in total. The van der Waals surface area contributed by atoms with Crippen molar-refractivity contribution in [1.29, 1.82) is 0 Å². The molecule has 1 aromatic heterocycles.